The highest BCUT2D eigenvalue weighted by Crippen LogP contribution is 2.30. The lowest BCUT2D eigenvalue weighted by Crippen LogP contribution is -2.39. The fourth-order valence-corrected chi connectivity index (χ4v) is 2.94. The first-order chi connectivity index (χ1) is 14.5. The van der Waals surface area contributed by atoms with Crippen LogP contribution in [-0.4, -0.2) is 34.6 Å². The SMILES string of the molecule is CCOC(=O)C(C)NC(=O)c1ncc(C2=COC=C(CC3=CC=CCC3)O2)cc1O. The average Bonchev–Trinajstić information content (AvgIpc) is 2.74. The second kappa shape index (κ2) is 9.78. The van der Waals surface area contributed by atoms with Crippen molar-refractivity contribution in [3.05, 3.63) is 65.6 Å². The molecular weight excluding hydrogens is 388 g/mol. The van der Waals surface area contributed by atoms with Crippen molar-refractivity contribution < 1.29 is 28.9 Å². The predicted molar refractivity (Wildman–Crippen MR) is 109 cm³/mol. The Labute approximate surface area is 174 Å². The van der Waals surface area contributed by atoms with E-state index >= 15 is 0 Å². The summed E-state index contributed by atoms with van der Waals surface area (Å²) in [4.78, 5) is 28.0. The van der Waals surface area contributed by atoms with E-state index in [9.17, 15) is 14.7 Å². The van der Waals surface area contributed by atoms with Gasteiger partial charge in [0.1, 0.15) is 30.1 Å². The number of pyridine rings is 1. The third-order valence-corrected chi connectivity index (χ3v) is 4.47. The molecule has 2 aliphatic rings. The molecule has 1 aromatic heterocycles. The molecule has 1 unspecified atom stereocenters. The van der Waals surface area contributed by atoms with Gasteiger partial charge in [-0.05, 0) is 32.8 Å². The standard InChI is InChI=1S/C22H24N2O6/c1-3-29-22(27)14(2)24-21(26)20-18(25)10-16(11-23-20)19-13-28-12-17(30-19)9-15-7-5-4-6-8-15/h4-5,7,10-14,25H,3,6,8-9H2,1-2H3,(H,24,26). The number of carbonyl (C=O) groups excluding carboxylic acids is 2. The van der Waals surface area contributed by atoms with E-state index < -0.39 is 17.9 Å². The molecule has 0 fully saturated rings. The maximum absolute atomic E-state index is 12.3. The molecule has 0 aromatic carbocycles. The van der Waals surface area contributed by atoms with Gasteiger partial charge >= 0.3 is 5.97 Å². The molecule has 2 heterocycles. The van der Waals surface area contributed by atoms with E-state index in [0.717, 1.165) is 12.8 Å². The topological polar surface area (TPSA) is 107 Å². The Morgan fingerprint density at radius 1 is 1.37 bits per heavy atom. The van der Waals surface area contributed by atoms with Crippen molar-refractivity contribution in [3.8, 4) is 5.75 Å². The minimum atomic E-state index is -0.868. The molecule has 0 spiro atoms. The lowest BCUT2D eigenvalue weighted by Gasteiger charge is -2.19. The second-order valence-electron chi connectivity index (χ2n) is 6.81. The summed E-state index contributed by atoms with van der Waals surface area (Å²) in [6.07, 6.45) is 13.1. The number of amides is 1. The van der Waals surface area contributed by atoms with Gasteiger partial charge in [-0.2, -0.15) is 0 Å². The minimum Gasteiger partial charge on any atom is -0.505 e. The van der Waals surface area contributed by atoms with Crippen LogP contribution in [0.3, 0.4) is 0 Å². The largest absolute Gasteiger partial charge is 0.505 e. The van der Waals surface area contributed by atoms with E-state index in [1.807, 2.05) is 6.08 Å². The predicted octanol–water partition coefficient (Wildman–Crippen LogP) is 3.32. The molecule has 1 atom stereocenters. The van der Waals surface area contributed by atoms with Crippen LogP contribution < -0.4 is 5.32 Å². The molecule has 1 amide bonds. The van der Waals surface area contributed by atoms with Gasteiger partial charge in [-0.25, -0.2) is 9.78 Å². The van der Waals surface area contributed by atoms with Crippen molar-refractivity contribution in [3.63, 3.8) is 0 Å². The number of nitrogens with one attached hydrogen (secondary N) is 1. The first-order valence-electron chi connectivity index (χ1n) is 9.72. The molecule has 158 valence electrons. The fraction of sp³-hybridized carbons (Fsp3) is 0.318. The van der Waals surface area contributed by atoms with Gasteiger partial charge in [0.2, 0.25) is 0 Å². The minimum absolute atomic E-state index is 0.206. The Balaban J connectivity index is 1.65. The smallest absolute Gasteiger partial charge is 0.328 e. The van der Waals surface area contributed by atoms with Crippen molar-refractivity contribution in [2.45, 2.75) is 39.2 Å². The van der Waals surface area contributed by atoms with Crippen LogP contribution in [0.5, 0.6) is 5.75 Å². The van der Waals surface area contributed by atoms with Gasteiger partial charge in [0, 0.05) is 18.2 Å². The van der Waals surface area contributed by atoms with Crippen molar-refractivity contribution in [2.24, 2.45) is 0 Å². The Hall–Kier alpha value is -3.55. The summed E-state index contributed by atoms with van der Waals surface area (Å²) in [6, 6.07) is 0.491. The maximum Gasteiger partial charge on any atom is 0.328 e. The third-order valence-electron chi connectivity index (χ3n) is 4.47. The average molecular weight is 412 g/mol. The van der Waals surface area contributed by atoms with Gasteiger partial charge < -0.3 is 24.6 Å². The summed E-state index contributed by atoms with van der Waals surface area (Å²) in [6.45, 7) is 3.37. The molecule has 8 nitrogen and oxygen atoms in total. The second-order valence-corrected chi connectivity index (χ2v) is 6.81. The number of allylic oxidation sites excluding steroid dienone is 4. The van der Waals surface area contributed by atoms with Crippen molar-refractivity contribution in [2.75, 3.05) is 6.61 Å². The van der Waals surface area contributed by atoms with E-state index in [2.05, 4.69) is 22.5 Å². The van der Waals surface area contributed by atoms with Crippen LogP contribution in [0, 0.1) is 0 Å². The summed E-state index contributed by atoms with van der Waals surface area (Å²) in [5.74, 6) is -0.593. The Bertz CT molecular complexity index is 945. The van der Waals surface area contributed by atoms with Crippen LogP contribution in [0.15, 0.2) is 54.3 Å². The van der Waals surface area contributed by atoms with Crippen molar-refractivity contribution >= 4 is 17.6 Å². The van der Waals surface area contributed by atoms with Gasteiger partial charge in [-0.1, -0.05) is 23.8 Å². The zero-order valence-electron chi connectivity index (χ0n) is 16.9. The quantitative estimate of drug-likeness (QED) is 0.662. The molecule has 1 aliphatic heterocycles. The molecule has 0 bridgehead atoms. The first-order valence-corrected chi connectivity index (χ1v) is 9.72. The molecular formula is C22H24N2O6. The summed E-state index contributed by atoms with van der Waals surface area (Å²) in [5.41, 5.74) is 1.48. The normalized spacial score (nSPS) is 16.3. The van der Waals surface area contributed by atoms with Gasteiger partial charge in [0.25, 0.3) is 5.91 Å². The van der Waals surface area contributed by atoms with E-state index in [-0.39, 0.29) is 18.1 Å². The van der Waals surface area contributed by atoms with Crippen molar-refractivity contribution in [1.29, 1.82) is 0 Å². The number of aromatic nitrogens is 1. The van der Waals surface area contributed by atoms with E-state index in [1.165, 1.54) is 37.3 Å². The van der Waals surface area contributed by atoms with Crippen LogP contribution >= 0.6 is 0 Å². The highest BCUT2D eigenvalue weighted by molar-refractivity contribution is 5.97. The highest BCUT2D eigenvalue weighted by atomic mass is 16.5. The summed E-state index contributed by atoms with van der Waals surface area (Å²) in [5, 5.41) is 12.7. The van der Waals surface area contributed by atoms with Crippen LogP contribution in [0.4, 0.5) is 0 Å². The van der Waals surface area contributed by atoms with Gasteiger partial charge in [0.05, 0.1) is 6.61 Å². The Morgan fingerprint density at radius 2 is 2.20 bits per heavy atom. The first kappa shape index (κ1) is 21.2. The number of hydrogen-bond donors (Lipinski definition) is 2. The molecule has 0 saturated carbocycles. The number of ether oxygens (including phenoxy) is 3. The molecule has 1 aliphatic carbocycles. The summed E-state index contributed by atoms with van der Waals surface area (Å²) in [7, 11) is 0. The lowest BCUT2D eigenvalue weighted by molar-refractivity contribution is -0.144. The van der Waals surface area contributed by atoms with E-state index in [1.54, 1.807) is 6.92 Å². The summed E-state index contributed by atoms with van der Waals surface area (Å²) >= 11 is 0. The number of esters is 1. The zero-order valence-corrected chi connectivity index (χ0v) is 16.9. The van der Waals surface area contributed by atoms with Crippen LogP contribution in [0.2, 0.25) is 0 Å². The number of aromatic hydroxyl groups is 1. The molecule has 1 aromatic rings. The number of nitrogens with zero attached hydrogens (tertiary/aromatic N) is 1. The fourth-order valence-electron chi connectivity index (χ4n) is 2.94. The molecule has 8 heteroatoms. The molecule has 2 N–H and O–H groups in total. The van der Waals surface area contributed by atoms with Gasteiger partial charge in [-0.15, -0.1) is 0 Å². The van der Waals surface area contributed by atoms with E-state index in [4.69, 9.17) is 14.2 Å². The number of rotatable bonds is 7. The molecule has 3 rings (SSSR count). The maximum atomic E-state index is 12.3. The third kappa shape index (κ3) is 5.28. The lowest BCUT2D eigenvalue weighted by atomic mass is 10.0. The summed E-state index contributed by atoms with van der Waals surface area (Å²) < 4.78 is 16.1. The van der Waals surface area contributed by atoms with Gasteiger partial charge in [0.15, 0.2) is 11.5 Å². The highest BCUT2D eigenvalue weighted by Gasteiger charge is 2.22. The monoisotopic (exact) mass is 412 g/mol. The van der Waals surface area contributed by atoms with Gasteiger partial charge in [-0.3, -0.25) is 4.79 Å². The number of hydrogen-bond acceptors (Lipinski definition) is 7. The zero-order chi connectivity index (χ0) is 21.5. The van der Waals surface area contributed by atoms with E-state index in [0.29, 0.717) is 23.5 Å². The Kier molecular flexibility index (Phi) is 6.90. The van der Waals surface area contributed by atoms with Crippen LogP contribution in [-0.2, 0) is 19.0 Å². The molecule has 0 radical (unpaired) electrons. The Morgan fingerprint density at radius 3 is 2.90 bits per heavy atom. The van der Waals surface area contributed by atoms with Crippen molar-refractivity contribution in [1.82, 2.24) is 10.3 Å². The molecule has 0 saturated heterocycles. The molecule has 30 heavy (non-hydrogen) atoms. The number of carbonyl (C=O) groups is 2. The van der Waals surface area contributed by atoms with Crippen LogP contribution in [0.25, 0.3) is 5.76 Å². The van der Waals surface area contributed by atoms with Crippen LogP contribution in [0.1, 0.15) is 49.2 Å².